The summed E-state index contributed by atoms with van der Waals surface area (Å²) in [5, 5.41) is 19.7. The summed E-state index contributed by atoms with van der Waals surface area (Å²) >= 11 is 0. The van der Waals surface area contributed by atoms with Crippen LogP contribution in [0.3, 0.4) is 0 Å². The normalized spacial score (nSPS) is 12.7. The zero-order chi connectivity index (χ0) is 15.3. The molecule has 0 saturated heterocycles. The molecule has 0 aliphatic carbocycles. The maximum atomic E-state index is 12.0. The van der Waals surface area contributed by atoms with E-state index >= 15 is 0 Å². The SMILES string of the molecule is CCS(=O)(=O)c1ccccc1C(=O)N[C@@H](CO)C(=O)O. The number of carboxylic acids is 1. The minimum absolute atomic E-state index is 0.144. The number of sulfone groups is 1. The molecular weight excluding hydrogens is 286 g/mol. The first-order valence-electron chi connectivity index (χ1n) is 5.79. The molecule has 7 nitrogen and oxygen atoms in total. The Morgan fingerprint density at radius 3 is 2.40 bits per heavy atom. The minimum atomic E-state index is -3.61. The molecule has 20 heavy (non-hydrogen) atoms. The van der Waals surface area contributed by atoms with Gasteiger partial charge in [0.2, 0.25) is 0 Å². The van der Waals surface area contributed by atoms with Gasteiger partial charge in [-0.2, -0.15) is 0 Å². The van der Waals surface area contributed by atoms with E-state index in [0.717, 1.165) is 0 Å². The molecule has 0 radical (unpaired) electrons. The zero-order valence-corrected chi connectivity index (χ0v) is 11.6. The Kier molecular flexibility index (Phi) is 5.23. The van der Waals surface area contributed by atoms with Crippen molar-refractivity contribution in [3.05, 3.63) is 29.8 Å². The van der Waals surface area contributed by atoms with Gasteiger partial charge in [-0.05, 0) is 12.1 Å². The number of carboxylic acid groups (broad SMARTS) is 1. The summed E-state index contributed by atoms with van der Waals surface area (Å²) in [7, 11) is -3.61. The van der Waals surface area contributed by atoms with Gasteiger partial charge < -0.3 is 15.5 Å². The summed E-state index contributed by atoms with van der Waals surface area (Å²) in [6.45, 7) is 0.654. The van der Waals surface area contributed by atoms with Crippen LogP contribution >= 0.6 is 0 Å². The third-order valence-corrected chi connectivity index (χ3v) is 4.42. The van der Waals surface area contributed by atoms with Crippen LogP contribution in [0.2, 0.25) is 0 Å². The number of hydrogen-bond acceptors (Lipinski definition) is 5. The lowest BCUT2D eigenvalue weighted by atomic mass is 10.2. The lowest BCUT2D eigenvalue weighted by Crippen LogP contribution is -2.43. The summed E-state index contributed by atoms with van der Waals surface area (Å²) in [5.74, 6) is -2.45. The molecule has 0 saturated carbocycles. The third-order valence-electron chi connectivity index (χ3n) is 2.63. The fraction of sp³-hybridized carbons (Fsp3) is 0.333. The molecule has 1 aromatic rings. The highest BCUT2D eigenvalue weighted by atomic mass is 32.2. The number of aliphatic hydroxyl groups excluding tert-OH is 1. The smallest absolute Gasteiger partial charge is 0.328 e. The topological polar surface area (TPSA) is 121 Å². The molecule has 0 unspecified atom stereocenters. The third kappa shape index (κ3) is 3.55. The van der Waals surface area contributed by atoms with Crippen LogP contribution in [0.4, 0.5) is 0 Å². The second kappa shape index (κ2) is 6.49. The quantitative estimate of drug-likeness (QED) is 0.660. The Morgan fingerprint density at radius 1 is 1.30 bits per heavy atom. The summed E-state index contributed by atoms with van der Waals surface area (Å²) in [6.07, 6.45) is 0. The molecule has 1 aromatic carbocycles. The molecule has 1 rings (SSSR count). The number of hydrogen-bond donors (Lipinski definition) is 3. The molecule has 1 amide bonds. The molecule has 110 valence electrons. The number of rotatable bonds is 6. The van der Waals surface area contributed by atoms with E-state index in [1.54, 1.807) is 0 Å². The molecule has 8 heteroatoms. The Balaban J connectivity index is 3.15. The predicted molar refractivity (Wildman–Crippen MR) is 70.1 cm³/mol. The maximum Gasteiger partial charge on any atom is 0.328 e. The Hall–Kier alpha value is -1.93. The van der Waals surface area contributed by atoms with Gasteiger partial charge in [-0.3, -0.25) is 4.79 Å². The highest BCUT2D eigenvalue weighted by molar-refractivity contribution is 7.91. The van der Waals surface area contributed by atoms with E-state index in [1.807, 2.05) is 0 Å². The highest BCUT2D eigenvalue weighted by Crippen LogP contribution is 2.17. The van der Waals surface area contributed by atoms with Gasteiger partial charge in [-0.25, -0.2) is 13.2 Å². The van der Waals surface area contributed by atoms with Crippen molar-refractivity contribution >= 4 is 21.7 Å². The maximum absolute atomic E-state index is 12.0. The molecular formula is C12H15NO6S. The largest absolute Gasteiger partial charge is 0.480 e. The molecule has 0 fully saturated rings. The van der Waals surface area contributed by atoms with Crippen molar-refractivity contribution in [3.8, 4) is 0 Å². The van der Waals surface area contributed by atoms with Gasteiger partial charge in [-0.1, -0.05) is 19.1 Å². The van der Waals surface area contributed by atoms with Crippen molar-refractivity contribution in [2.75, 3.05) is 12.4 Å². The van der Waals surface area contributed by atoms with Crippen molar-refractivity contribution in [2.24, 2.45) is 0 Å². The number of benzene rings is 1. The second-order valence-electron chi connectivity index (χ2n) is 3.95. The van der Waals surface area contributed by atoms with E-state index in [-0.39, 0.29) is 16.2 Å². The summed E-state index contributed by atoms with van der Waals surface area (Å²) in [4.78, 5) is 22.5. The van der Waals surface area contributed by atoms with Gasteiger partial charge in [0.1, 0.15) is 0 Å². The lowest BCUT2D eigenvalue weighted by molar-refractivity contribution is -0.140. The second-order valence-corrected chi connectivity index (χ2v) is 6.19. The van der Waals surface area contributed by atoms with Crippen molar-refractivity contribution in [1.82, 2.24) is 5.32 Å². The lowest BCUT2D eigenvalue weighted by Gasteiger charge is -2.13. The number of nitrogens with one attached hydrogen (secondary N) is 1. The average Bonchev–Trinajstić information content (AvgIpc) is 2.44. The van der Waals surface area contributed by atoms with Gasteiger partial charge in [0.25, 0.3) is 5.91 Å². The number of amides is 1. The predicted octanol–water partition coefficient (Wildman–Crippen LogP) is -0.345. The van der Waals surface area contributed by atoms with Gasteiger partial charge in [-0.15, -0.1) is 0 Å². The van der Waals surface area contributed by atoms with E-state index in [9.17, 15) is 18.0 Å². The van der Waals surface area contributed by atoms with Crippen LogP contribution in [0.1, 0.15) is 17.3 Å². The number of aliphatic carboxylic acids is 1. The molecule has 0 bridgehead atoms. The van der Waals surface area contributed by atoms with Crippen molar-refractivity contribution in [2.45, 2.75) is 17.9 Å². The number of aliphatic hydroxyl groups is 1. The first kappa shape index (κ1) is 16.1. The standard InChI is InChI=1S/C12H15NO6S/c1-2-20(18,19)10-6-4-3-5-8(10)11(15)13-9(7-14)12(16)17/h3-6,9,14H,2,7H2,1H3,(H,13,15)(H,16,17)/t9-/m0/s1. The fourth-order valence-corrected chi connectivity index (χ4v) is 2.60. The van der Waals surface area contributed by atoms with Crippen LogP contribution in [-0.2, 0) is 14.6 Å². The van der Waals surface area contributed by atoms with Gasteiger partial charge in [0.05, 0.1) is 22.8 Å². The Bertz CT molecular complexity index is 610. The van der Waals surface area contributed by atoms with Crippen LogP contribution in [0.25, 0.3) is 0 Å². The van der Waals surface area contributed by atoms with E-state index in [2.05, 4.69) is 5.32 Å². The molecule has 0 heterocycles. The van der Waals surface area contributed by atoms with Crippen LogP contribution < -0.4 is 5.32 Å². The van der Waals surface area contributed by atoms with E-state index in [4.69, 9.17) is 10.2 Å². The average molecular weight is 301 g/mol. The Labute approximate surface area is 116 Å². The highest BCUT2D eigenvalue weighted by Gasteiger charge is 2.24. The molecule has 3 N–H and O–H groups in total. The first-order chi connectivity index (χ1) is 9.33. The molecule has 1 atom stereocenters. The summed E-state index contributed by atoms with van der Waals surface area (Å²) in [5.41, 5.74) is -0.144. The van der Waals surface area contributed by atoms with Gasteiger partial charge >= 0.3 is 5.97 Å². The molecule has 0 aliphatic rings. The molecule has 0 spiro atoms. The van der Waals surface area contributed by atoms with E-state index < -0.39 is 34.4 Å². The van der Waals surface area contributed by atoms with Gasteiger partial charge in [0.15, 0.2) is 15.9 Å². The zero-order valence-electron chi connectivity index (χ0n) is 10.7. The van der Waals surface area contributed by atoms with Crippen LogP contribution in [0, 0.1) is 0 Å². The summed E-state index contributed by atoms with van der Waals surface area (Å²) < 4.78 is 23.7. The van der Waals surface area contributed by atoms with Crippen LogP contribution in [-0.4, -0.2) is 48.9 Å². The molecule has 0 aromatic heterocycles. The van der Waals surface area contributed by atoms with E-state index in [1.165, 1.54) is 31.2 Å². The van der Waals surface area contributed by atoms with Crippen molar-refractivity contribution in [3.63, 3.8) is 0 Å². The monoisotopic (exact) mass is 301 g/mol. The van der Waals surface area contributed by atoms with E-state index in [0.29, 0.717) is 0 Å². The summed E-state index contributed by atoms with van der Waals surface area (Å²) in [6, 6.07) is 4.02. The first-order valence-corrected chi connectivity index (χ1v) is 7.45. The van der Waals surface area contributed by atoms with Crippen LogP contribution in [0.15, 0.2) is 29.2 Å². The fourth-order valence-electron chi connectivity index (χ4n) is 1.50. The van der Waals surface area contributed by atoms with Crippen molar-refractivity contribution in [1.29, 1.82) is 0 Å². The number of carbonyl (C=O) groups is 2. The van der Waals surface area contributed by atoms with Gasteiger partial charge in [0, 0.05) is 0 Å². The van der Waals surface area contributed by atoms with Crippen molar-refractivity contribution < 1.29 is 28.2 Å². The number of carbonyl (C=O) groups excluding carboxylic acids is 1. The molecule has 0 aliphatic heterocycles. The minimum Gasteiger partial charge on any atom is -0.480 e. The Morgan fingerprint density at radius 2 is 1.90 bits per heavy atom. The van der Waals surface area contributed by atoms with Crippen LogP contribution in [0.5, 0.6) is 0 Å².